The second-order valence-corrected chi connectivity index (χ2v) is 7.18. The molecule has 0 fully saturated rings. The molecule has 6 heteroatoms. The highest BCUT2D eigenvalue weighted by atomic mass is 32.2. The highest BCUT2D eigenvalue weighted by molar-refractivity contribution is 7.92. The molecule has 0 aliphatic carbocycles. The molecule has 1 aromatic heterocycles. The number of hydrogen-bond acceptors (Lipinski definition) is 5. The first kappa shape index (κ1) is 14.6. The van der Waals surface area contributed by atoms with Crippen LogP contribution in [0.25, 0.3) is 0 Å². The quantitative estimate of drug-likeness (QED) is 0.796. The summed E-state index contributed by atoms with van der Waals surface area (Å²) in [6.07, 6.45) is 0. The van der Waals surface area contributed by atoms with Crippen LogP contribution < -0.4 is 0 Å². The number of rotatable bonds is 5. The molecule has 0 aliphatic rings. The van der Waals surface area contributed by atoms with Gasteiger partial charge in [0.25, 0.3) is 0 Å². The Kier molecular flexibility index (Phi) is 4.15. The van der Waals surface area contributed by atoms with Crippen LogP contribution in [0, 0.1) is 0 Å². The van der Waals surface area contributed by atoms with E-state index in [0.29, 0.717) is 10.4 Å². The minimum absolute atomic E-state index is 0.0485. The molecular weight excluding hydrogens is 296 g/mol. The summed E-state index contributed by atoms with van der Waals surface area (Å²) in [5.74, 6) is -1.12. The number of Topliss-reactive ketones (excluding diaryl/α,β-unsaturated/α-hetero) is 2. The van der Waals surface area contributed by atoms with E-state index in [1.807, 2.05) is 0 Å². The number of ketones is 2. The molecule has 0 bridgehead atoms. The smallest absolute Gasteiger partial charge is 0.188 e. The maximum Gasteiger partial charge on any atom is 0.188 e. The zero-order valence-corrected chi connectivity index (χ0v) is 12.3. The van der Waals surface area contributed by atoms with Crippen LogP contribution in [0.3, 0.4) is 0 Å². The Balaban J connectivity index is 2.22. The van der Waals surface area contributed by atoms with E-state index < -0.39 is 21.4 Å². The van der Waals surface area contributed by atoms with E-state index in [1.54, 1.807) is 17.5 Å². The van der Waals surface area contributed by atoms with Gasteiger partial charge in [-0.3, -0.25) is 9.59 Å². The molecule has 0 saturated heterocycles. The van der Waals surface area contributed by atoms with Crippen molar-refractivity contribution in [2.24, 2.45) is 0 Å². The first-order valence-corrected chi connectivity index (χ1v) is 8.34. The summed E-state index contributed by atoms with van der Waals surface area (Å²) in [6.45, 7) is 1.41. The van der Waals surface area contributed by atoms with E-state index >= 15 is 0 Å². The molecule has 0 unspecified atom stereocenters. The molecular formula is C14H12O4S2. The molecule has 1 heterocycles. The number of carbonyl (C=O) groups is 2. The average molecular weight is 308 g/mol. The predicted molar refractivity (Wildman–Crippen MR) is 77.1 cm³/mol. The third kappa shape index (κ3) is 3.20. The lowest BCUT2D eigenvalue weighted by Crippen LogP contribution is -2.15. The van der Waals surface area contributed by atoms with Gasteiger partial charge in [0.2, 0.25) is 0 Å². The molecule has 0 saturated carbocycles. The minimum Gasteiger partial charge on any atom is -0.295 e. The van der Waals surface area contributed by atoms with Gasteiger partial charge in [0.1, 0.15) is 5.75 Å². The summed E-state index contributed by atoms with van der Waals surface area (Å²) >= 11 is 1.21. The van der Waals surface area contributed by atoms with Gasteiger partial charge in [0.15, 0.2) is 21.4 Å². The van der Waals surface area contributed by atoms with E-state index in [2.05, 4.69) is 0 Å². The Hall–Kier alpha value is -1.79. The number of thiophene rings is 1. The molecule has 0 amide bonds. The van der Waals surface area contributed by atoms with E-state index in [1.165, 1.54) is 42.5 Å². The Bertz CT molecular complexity index is 726. The van der Waals surface area contributed by atoms with Crippen LogP contribution in [0.1, 0.15) is 27.0 Å². The van der Waals surface area contributed by atoms with Crippen molar-refractivity contribution in [2.45, 2.75) is 11.8 Å². The van der Waals surface area contributed by atoms with Crippen molar-refractivity contribution in [2.75, 3.05) is 5.75 Å². The molecule has 1 aromatic carbocycles. The normalized spacial score (nSPS) is 11.2. The fourth-order valence-corrected chi connectivity index (χ4v) is 3.64. The maximum absolute atomic E-state index is 12.1. The number of benzene rings is 1. The molecule has 4 nitrogen and oxygen atoms in total. The molecule has 0 radical (unpaired) electrons. The Morgan fingerprint density at radius 1 is 1.10 bits per heavy atom. The van der Waals surface area contributed by atoms with Gasteiger partial charge in [0, 0.05) is 5.56 Å². The van der Waals surface area contributed by atoms with Gasteiger partial charge < -0.3 is 0 Å². The average Bonchev–Trinajstić information content (AvgIpc) is 2.92. The van der Waals surface area contributed by atoms with Crippen molar-refractivity contribution >= 4 is 32.7 Å². The van der Waals surface area contributed by atoms with Gasteiger partial charge in [-0.05, 0) is 30.5 Å². The third-order valence-electron chi connectivity index (χ3n) is 2.74. The van der Waals surface area contributed by atoms with Crippen LogP contribution in [-0.2, 0) is 9.84 Å². The van der Waals surface area contributed by atoms with Crippen LogP contribution >= 0.6 is 11.3 Å². The fourth-order valence-electron chi connectivity index (χ4n) is 1.66. The highest BCUT2D eigenvalue weighted by Gasteiger charge is 2.21. The maximum atomic E-state index is 12.1. The number of sulfone groups is 1. The van der Waals surface area contributed by atoms with Crippen molar-refractivity contribution < 1.29 is 18.0 Å². The van der Waals surface area contributed by atoms with E-state index in [-0.39, 0.29) is 10.7 Å². The summed E-state index contributed by atoms with van der Waals surface area (Å²) in [5.41, 5.74) is 0.438. The summed E-state index contributed by atoms with van der Waals surface area (Å²) in [4.78, 5) is 23.5. The fraction of sp³-hybridized carbons (Fsp3) is 0.143. The molecule has 2 rings (SSSR count). The van der Waals surface area contributed by atoms with Crippen LogP contribution in [0.15, 0.2) is 46.7 Å². The SMILES string of the molecule is CC(=O)c1ccc(S(=O)(=O)CC(=O)c2cccs2)cc1. The van der Waals surface area contributed by atoms with Gasteiger partial charge >= 0.3 is 0 Å². The second kappa shape index (κ2) is 5.68. The van der Waals surface area contributed by atoms with Crippen LogP contribution in [0.5, 0.6) is 0 Å². The summed E-state index contributed by atoms with van der Waals surface area (Å²) in [6, 6.07) is 8.91. The number of hydrogen-bond donors (Lipinski definition) is 0. The van der Waals surface area contributed by atoms with E-state index in [0.717, 1.165) is 0 Å². The first-order valence-electron chi connectivity index (χ1n) is 5.80. The molecule has 2 aromatic rings. The lowest BCUT2D eigenvalue weighted by atomic mass is 10.2. The zero-order chi connectivity index (χ0) is 14.8. The summed E-state index contributed by atoms with van der Waals surface area (Å²) in [5, 5.41) is 1.72. The topological polar surface area (TPSA) is 68.3 Å². The van der Waals surface area contributed by atoms with Crippen molar-refractivity contribution in [3.63, 3.8) is 0 Å². The van der Waals surface area contributed by atoms with Gasteiger partial charge in [-0.1, -0.05) is 18.2 Å². The largest absolute Gasteiger partial charge is 0.295 e. The van der Waals surface area contributed by atoms with Crippen molar-refractivity contribution in [3.05, 3.63) is 52.2 Å². The lowest BCUT2D eigenvalue weighted by molar-refractivity contribution is 0.101. The second-order valence-electron chi connectivity index (χ2n) is 4.24. The van der Waals surface area contributed by atoms with Crippen LogP contribution in [0.2, 0.25) is 0 Å². The zero-order valence-electron chi connectivity index (χ0n) is 10.7. The minimum atomic E-state index is -3.68. The van der Waals surface area contributed by atoms with Crippen LogP contribution in [0.4, 0.5) is 0 Å². The van der Waals surface area contributed by atoms with E-state index in [9.17, 15) is 18.0 Å². The van der Waals surface area contributed by atoms with Crippen molar-refractivity contribution in [1.82, 2.24) is 0 Å². The Morgan fingerprint density at radius 2 is 1.75 bits per heavy atom. The summed E-state index contributed by atoms with van der Waals surface area (Å²) < 4.78 is 24.2. The Labute approximate surface area is 121 Å². The van der Waals surface area contributed by atoms with Crippen molar-refractivity contribution in [3.8, 4) is 0 Å². The van der Waals surface area contributed by atoms with Crippen molar-refractivity contribution in [1.29, 1.82) is 0 Å². The highest BCUT2D eigenvalue weighted by Crippen LogP contribution is 2.16. The molecule has 104 valence electrons. The molecule has 0 N–H and O–H groups in total. The van der Waals surface area contributed by atoms with Gasteiger partial charge in [-0.25, -0.2) is 8.42 Å². The standard InChI is InChI=1S/C14H12O4S2/c1-10(15)11-4-6-12(7-5-11)20(17,18)9-13(16)14-3-2-8-19-14/h2-8H,9H2,1H3. The van der Waals surface area contributed by atoms with Gasteiger partial charge in [-0.2, -0.15) is 0 Å². The van der Waals surface area contributed by atoms with Gasteiger partial charge in [0.05, 0.1) is 9.77 Å². The molecule has 20 heavy (non-hydrogen) atoms. The first-order chi connectivity index (χ1) is 9.40. The summed E-state index contributed by atoms with van der Waals surface area (Å²) in [7, 11) is -3.68. The molecule has 0 spiro atoms. The van der Waals surface area contributed by atoms with Gasteiger partial charge in [-0.15, -0.1) is 11.3 Å². The van der Waals surface area contributed by atoms with Crippen LogP contribution in [-0.4, -0.2) is 25.7 Å². The lowest BCUT2D eigenvalue weighted by Gasteiger charge is -2.04. The van der Waals surface area contributed by atoms with E-state index in [4.69, 9.17) is 0 Å². The number of carbonyl (C=O) groups excluding carboxylic acids is 2. The Morgan fingerprint density at radius 3 is 2.25 bits per heavy atom. The molecule has 0 aliphatic heterocycles. The predicted octanol–water partition coefficient (Wildman–Crippen LogP) is 2.61. The third-order valence-corrected chi connectivity index (χ3v) is 5.28. The monoisotopic (exact) mass is 308 g/mol. The molecule has 0 atom stereocenters.